The summed E-state index contributed by atoms with van der Waals surface area (Å²) in [5.41, 5.74) is 1.05. The van der Waals surface area contributed by atoms with Crippen LogP contribution in [0, 0.1) is 0 Å². The maximum Gasteiger partial charge on any atom is 0.337 e. The summed E-state index contributed by atoms with van der Waals surface area (Å²) in [5.74, 6) is -0.365. The van der Waals surface area contributed by atoms with Gasteiger partial charge in [-0.25, -0.2) is 4.79 Å². The summed E-state index contributed by atoms with van der Waals surface area (Å²) in [6.07, 6.45) is 7.44. The van der Waals surface area contributed by atoms with Gasteiger partial charge >= 0.3 is 5.97 Å². The first-order valence-electron chi connectivity index (χ1n) is 8.51. The molecule has 0 bridgehead atoms. The first-order valence-corrected chi connectivity index (χ1v) is 8.89. The maximum atomic E-state index is 12.1. The van der Waals surface area contributed by atoms with Crippen molar-refractivity contribution in [3.05, 3.63) is 28.8 Å². The highest BCUT2D eigenvalue weighted by molar-refractivity contribution is 6.33. The van der Waals surface area contributed by atoms with Crippen LogP contribution in [0.3, 0.4) is 0 Å². The number of carbonyl (C=O) groups excluding carboxylic acids is 2. The Kier molecular flexibility index (Phi) is 7.37. The third-order valence-corrected chi connectivity index (χ3v) is 4.60. The molecule has 6 heteroatoms. The maximum absolute atomic E-state index is 12.1. The number of carbonyl (C=O) groups is 2. The summed E-state index contributed by atoms with van der Waals surface area (Å²) >= 11 is 6.12. The number of ether oxygens (including phenoxy) is 1. The van der Waals surface area contributed by atoms with Gasteiger partial charge in [0.25, 0.3) is 0 Å². The van der Waals surface area contributed by atoms with E-state index >= 15 is 0 Å². The topological polar surface area (TPSA) is 67.4 Å². The van der Waals surface area contributed by atoms with E-state index in [2.05, 4.69) is 10.6 Å². The predicted octanol–water partition coefficient (Wildman–Crippen LogP) is 3.77. The lowest BCUT2D eigenvalue weighted by Crippen LogP contribution is -2.35. The zero-order chi connectivity index (χ0) is 17.4. The second-order valence-corrected chi connectivity index (χ2v) is 6.53. The van der Waals surface area contributed by atoms with Crippen LogP contribution in [0.5, 0.6) is 0 Å². The minimum absolute atomic E-state index is 0.0506. The molecular weight excluding hydrogens is 328 g/mol. The second kappa shape index (κ2) is 9.52. The van der Waals surface area contributed by atoms with Gasteiger partial charge in [0.05, 0.1) is 23.4 Å². The van der Waals surface area contributed by atoms with E-state index in [1.165, 1.54) is 32.8 Å². The number of anilines is 1. The molecule has 1 saturated carbocycles. The molecule has 0 aliphatic heterocycles. The van der Waals surface area contributed by atoms with E-state index in [4.69, 9.17) is 16.3 Å². The Morgan fingerprint density at radius 1 is 1.21 bits per heavy atom. The highest BCUT2D eigenvalue weighted by Crippen LogP contribution is 2.23. The molecule has 132 valence electrons. The molecule has 0 heterocycles. The van der Waals surface area contributed by atoms with Crippen LogP contribution in [-0.4, -0.2) is 31.6 Å². The Morgan fingerprint density at radius 2 is 1.92 bits per heavy atom. The minimum atomic E-state index is -0.416. The van der Waals surface area contributed by atoms with Gasteiger partial charge in [-0.1, -0.05) is 37.3 Å². The summed E-state index contributed by atoms with van der Waals surface area (Å²) in [5, 5.41) is 6.73. The van der Waals surface area contributed by atoms with Crippen LogP contribution in [0.2, 0.25) is 5.02 Å². The summed E-state index contributed by atoms with van der Waals surface area (Å²) in [7, 11) is 1.34. The van der Waals surface area contributed by atoms with E-state index < -0.39 is 5.97 Å². The van der Waals surface area contributed by atoms with E-state index in [9.17, 15) is 9.59 Å². The fraction of sp³-hybridized carbons (Fsp3) is 0.556. The largest absolute Gasteiger partial charge is 0.465 e. The predicted molar refractivity (Wildman–Crippen MR) is 95.5 cm³/mol. The van der Waals surface area contributed by atoms with Crippen molar-refractivity contribution in [1.29, 1.82) is 0 Å². The van der Waals surface area contributed by atoms with Gasteiger partial charge in [0.2, 0.25) is 5.91 Å². The number of benzene rings is 1. The van der Waals surface area contributed by atoms with Crippen LogP contribution in [0.1, 0.15) is 55.3 Å². The smallest absolute Gasteiger partial charge is 0.337 e. The number of nitrogens with one attached hydrogen (secondary N) is 2. The number of amides is 1. The SMILES string of the molecule is COC(=O)c1ccc(Cl)c(NCCC(=O)NC2CCCCCC2)c1. The van der Waals surface area contributed by atoms with Gasteiger partial charge in [-0.2, -0.15) is 0 Å². The van der Waals surface area contributed by atoms with Gasteiger partial charge in [0.1, 0.15) is 0 Å². The number of hydrogen-bond donors (Lipinski definition) is 2. The molecule has 2 rings (SSSR count). The average Bonchev–Trinajstić information content (AvgIpc) is 2.84. The summed E-state index contributed by atoms with van der Waals surface area (Å²) in [6, 6.07) is 5.20. The van der Waals surface area contributed by atoms with Crippen molar-refractivity contribution < 1.29 is 14.3 Å². The molecule has 24 heavy (non-hydrogen) atoms. The van der Waals surface area contributed by atoms with Crippen LogP contribution in [0.15, 0.2) is 18.2 Å². The molecule has 1 aromatic rings. The van der Waals surface area contributed by atoms with Crippen molar-refractivity contribution in [3.8, 4) is 0 Å². The van der Waals surface area contributed by atoms with Gasteiger partial charge < -0.3 is 15.4 Å². The molecule has 0 saturated heterocycles. The van der Waals surface area contributed by atoms with E-state index in [-0.39, 0.29) is 5.91 Å². The molecule has 2 N–H and O–H groups in total. The van der Waals surface area contributed by atoms with Crippen molar-refractivity contribution in [2.75, 3.05) is 19.0 Å². The van der Waals surface area contributed by atoms with Crippen LogP contribution in [-0.2, 0) is 9.53 Å². The summed E-state index contributed by atoms with van der Waals surface area (Å²) in [4.78, 5) is 23.6. The molecule has 1 aliphatic rings. The molecule has 1 amide bonds. The summed E-state index contributed by atoms with van der Waals surface area (Å²) < 4.78 is 4.69. The molecule has 0 spiro atoms. The third kappa shape index (κ3) is 5.71. The fourth-order valence-electron chi connectivity index (χ4n) is 2.94. The van der Waals surface area contributed by atoms with Gasteiger partial charge in [-0.05, 0) is 31.0 Å². The third-order valence-electron chi connectivity index (χ3n) is 4.28. The Labute approximate surface area is 148 Å². The average molecular weight is 353 g/mol. The van der Waals surface area contributed by atoms with Gasteiger partial charge in [0.15, 0.2) is 0 Å². The Hall–Kier alpha value is -1.75. The standard InChI is InChI=1S/C18H25ClN2O3/c1-24-18(23)13-8-9-15(19)16(12-13)20-11-10-17(22)21-14-6-4-2-3-5-7-14/h8-9,12,14,20H,2-7,10-11H2,1H3,(H,21,22). The zero-order valence-electron chi connectivity index (χ0n) is 14.1. The Bertz CT molecular complexity index is 569. The van der Waals surface area contributed by atoms with Gasteiger partial charge in [0, 0.05) is 19.0 Å². The molecule has 5 nitrogen and oxygen atoms in total. The quantitative estimate of drug-likeness (QED) is 0.604. The number of hydrogen-bond acceptors (Lipinski definition) is 4. The fourth-order valence-corrected chi connectivity index (χ4v) is 3.12. The molecule has 0 aromatic heterocycles. The normalized spacial score (nSPS) is 15.4. The van der Waals surface area contributed by atoms with Crippen molar-refractivity contribution in [1.82, 2.24) is 5.32 Å². The summed E-state index contributed by atoms with van der Waals surface area (Å²) in [6.45, 7) is 0.461. The highest BCUT2D eigenvalue weighted by atomic mass is 35.5. The van der Waals surface area contributed by atoms with E-state index in [1.54, 1.807) is 18.2 Å². The molecule has 1 aromatic carbocycles. The molecule has 0 unspecified atom stereocenters. The second-order valence-electron chi connectivity index (χ2n) is 6.12. The number of methoxy groups -OCH3 is 1. The van der Waals surface area contributed by atoms with Gasteiger partial charge in [-0.3, -0.25) is 4.79 Å². The molecule has 1 fully saturated rings. The van der Waals surface area contributed by atoms with E-state index in [0.29, 0.717) is 35.3 Å². The van der Waals surface area contributed by atoms with E-state index in [1.807, 2.05) is 0 Å². The van der Waals surface area contributed by atoms with Crippen molar-refractivity contribution in [3.63, 3.8) is 0 Å². The lowest BCUT2D eigenvalue weighted by atomic mass is 10.1. The zero-order valence-corrected chi connectivity index (χ0v) is 14.8. The first-order chi connectivity index (χ1) is 11.6. The molecular formula is C18H25ClN2O3. The van der Waals surface area contributed by atoms with Gasteiger partial charge in [-0.15, -0.1) is 0 Å². The first kappa shape index (κ1) is 18.6. The monoisotopic (exact) mass is 352 g/mol. The highest BCUT2D eigenvalue weighted by Gasteiger charge is 2.14. The number of halogens is 1. The molecule has 1 aliphatic carbocycles. The van der Waals surface area contributed by atoms with Crippen molar-refractivity contribution in [2.45, 2.75) is 51.0 Å². The van der Waals surface area contributed by atoms with Crippen molar-refractivity contribution in [2.24, 2.45) is 0 Å². The van der Waals surface area contributed by atoms with E-state index in [0.717, 1.165) is 12.8 Å². The molecule has 0 atom stereocenters. The minimum Gasteiger partial charge on any atom is -0.465 e. The number of esters is 1. The number of rotatable bonds is 6. The lowest BCUT2D eigenvalue weighted by molar-refractivity contribution is -0.121. The van der Waals surface area contributed by atoms with Crippen LogP contribution in [0.4, 0.5) is 5.69 Å². The Morgan fingerprint density at radius 3 is 2.58 bits per heavy atom. The Balaban J connectivity index is 1.80. The lowest BCUT2D eigenvalue weighted by Gasteiger charge is -2.16. The van der Waals surface area contributed by atoms with Crippen LogP contribution >= 0.6 is 11.6 Å². The van der Waals surface area contributed by atoms with Crippen LogP contribution < -0.4 is 10.6 Å². The van der Waals surface area contributed by atoms with Crippen LogP contribution in [0.25, 0.3) is 0 Å². The molecule has 0 radical (unpaired) electrons. The van der Waals surface area contributed by atoms with Crippen molar-refractivity contribution >= 4 is 29.2 Å².